The maximum Gasteiger partial charge on any atom is 0.408 e. The van der Waals surface area contributed by atoms with Crippen LogP contribution in [-0.4, -0.2) is 94.8 Å². The standard InChI is InChI=1S/C35H54N6O9/c1-10-14-23(28(43)31(46)37-18-25(42)39-27(29(36)44)21-15-12-11-13-16-21)38-30(45)24-17-22(49-34(4,5)6)19-41(24)32(47)26(20(2)3)40-33(48)50-35(7,8)9/h11-13,15-16,20,22-24,26-27H,10,14,17-19H2,1-9H3,(H2,36,44)(H,37,46)(H,38,45)(H,39,42)(H,40,48)/t22-,23?,24+,26+,27?/m1/s1. The van der Waals surface area contributed by atoms with Crippen molar-refractivity contribution in [2.75, 3.05) is 13.1 Å². The van der Waals surface area contributed by atoms with E-state index < -0.39 is 89.4 Å². The number of nitrogens with zero attached hydrogens (tertiary/aromatic N) is 1. The maximum atomic E-state index is 13.9. The number of ether oxygens (including phenoxy) is 2. The summed E-state index contributed by atoms with van der Waals surface area (Å²) < 4.78 is 11.5. The molecule has 0 spiro atoms. The summed E-state index contributed by atoms with van der Waals surface area (Å²) in [5.41, 5.74) is 4.48. The Balaban J connectivity index is 2.20. The Morgan fingerprint density at radius 2 is 1.54 bits per heavy atom. The van der Waals surface area contributed by atoms with Crippen LogP contribution in [0.1, 0.15) is 93.2 Å². The van der Waals surface area contributed by atoms with Crippen molar-refractivity contribution in [3.05, 3.63) is 35.9 Å². The molecule has 0 aliphatic carbocycles. The summed E-state index contributed by atoms with van der Waals surface area (Å²) in [6.07, 6.45) is -0.704. The number of carbonyl (C=O) groups excluding carboxylic acids is 7. The molecule has 2 rings (SSSR count). The van der Waals surface area contributed by atoms with Gasteiger partial charge in [-0.2, -0.15) is 0 Å². The summed E-state index contributed by atoms with van der Waals surface area (Å²) in [4.78, 5) is 92.4. The quantitative estimate of drug-likeness (QED) is 0.168. The van der Waals surface area contributed by atoms with Crippen LogP contribution in [0.25, 0.3) is 0 Å². The number of carbonyl (C=O) groups is 7. The number of alkyl carbamates (subject to hydrolysis) is 1. The highest BCUT2D eigenvalue weighted by molar-refractivity contribution is 6.38. The average Bonchev–Trinajstić information content (AvgIpc) is 3.42. The number of nitrogens with one attached hydrogen (secondary N) is 4. The molecule has 0 saturated carbocycles. The summed E-state index contributed by atoms with van der Waals surface area (Å²) in [5.74, 6) is -5.27. The van der Waals surface area contributed by atoms with Gasteiger partial charge in [-0.25, -0.2) is 4.79 Å². The molecule has 6 amide bonds. The first kappa shape index (κ1) is 41.6. The first-order valence-corrected chi connectivity index (χ1v) is 16.9. The highest BCUT2D eigenvalue weighted by Crippen LogP contribution is 2.27. The van der Waals surface area contributed by atoms with Crippen LogP contribution < -0.4 is 27.0 Å². The fourth-order valence-corrected chi connectivity index (χ4v) is 5.41. The Morgan fingerprint density at radius 1 is 0.920 bits per heavy atom. The molecule has 0 aromatic heterocycles. The van der Waals surface area contributed by atoms with Gasteiger partial charge in [-0.15, -0.1) is 0 Å². The van der Waals surface area contributed by atoms with Crippen LogP contribution in [0.3, 0.4) is 0 Å². The van der Waals surface area contributed by atoms with Gasteiger partial charge in [0.05, 0.1) is 24.3 Å². The highest BCUT2D eigenvalue weighted by Gasteiger charge is 2.45. The molecular formula is C35H54N6O9. The second-order valence-electron chi connectivity index (χ2n) is 14.7. The van der Waals surface area contributed by atoms with Crippen LogP contribution in [0.2, 0.25) is 0 Å². The van der Waals surface area contributed by atoms with Gasteiger partial charge in [-0.3, -0.25) is 28.8 Å². The second kappa shape index (κ2) is 17.9. The van der Waals surface area contributed by atoms with Crippen LogP contribution >= 0.6 is 0 Å². The number of rotatable bonds is 15. The lowest BCUT2D eigenvalue weighted by Gasteiger charge is -2.31. The molecule has 1 aromatic carbocycles. The molecular weight excluding hydrogens is 648 g/mol. The van der Waals surface area contributed by atoms with Gasteiger partial charge in [0.1, 0.15) is 23.7 Å². The lowest BCUT2D eigenvalue weighted by Crippen LogP contribution is -2.57. The highest BCUT2D eigenvalue weighted by atomic mass is 16.6. The van der Waals surface area contributed by atoms with Crippen molar-refractivity contribution in [2.24, 2.45) is 11.7 Å². The summed E-state index contributed by atoms with van der Waals surface area (Å²) in [7, 11) is 0. The van der Waals surface area contributed by atoms with Crippen LogP contribution in [0.4, 0.5) is 4.79 Å². The number of ketones is 1. The molecule has 5 atom stereocenters. The van der Waals surface area contributed by atoms with E-state index in [2.05, 4.69) is 21.3 Å². The number of hydrogen-bond donors (Lipinski definition) is 5. The molecule has 15 nitrogen and oxygen atoms in total. The SMILES string of the molecule is CCCC(NC(=O)[C@@H]1C[C@@H](OC(C)(C)C)CN1C(=O)[C@@H](NC(=O)OC(C)(C)C)C(C)C)C(=O)C(=O)NCC(=O)NC(C(N)=O)c1ccccc1. The number of benzene rings is 1. The molecule has 1 aliphatic heterocycles. The number of hydrogen-bond acceptors (Lipinski definition) is 9. The van der Waals surface area contributed by atoms with E-state index in [4.69, 9.17) is 15.2 Å². The van der Waals surface area contributed by atoms with Gasteiger partial charge >= 0.3 is 6.09 Å². The van der Waals surface area contributed by atoms with Crippen molar-refractivity contribution in [2.45, 2.75) is 123 Å². The lowest BCUT2D eigenvalue weighted by molar-refractivity contribution is -0.143. The molecule has 50 heavy (non-hydrogen) atoms. The summed E-state index contributed by atoms with van der Waals surface area (Å²) in [5, 5.41) is 9.93. The van der Waals surface area contributed by atoms with Crippen LogP contribution in [0, 0.1) is 5.92 Å². The lowest BCUT2D eigenvalue weighted by atomic mass is 10.0. The van der Waals surface area contributed by atoms with E-state index in [0.29, 0.717) is 12.0 Å². The van der Waals surface area contributed by atoms with Gasteiger partial charge in [0, 0.05) is 13.0 Å². The Kier molecular flexibility index (Phi) is 14.9. The van der Waals surface area contributed by atoms with E-state index in [1.54, 1.807) is 71.9 Å². The molecule has 15 heteroatoms. The smallest absolute Gasteiger partial charge is 0.408 e. The monoisotopic (exact) mass is 702 g/mol. The van der Waals surface area contributed by atoms with Gasteiger partial charge in [-0.1, -0.05) is 57.5 Å². The van der Waals surface area contributed by atoms with Gasteiger partial charge in [0.2, 0.25) is 29.4 Å². The number of amides is 6. The second-order valence-corrected chi connectivity index (χ2v) is 14.7. The molecule has 1 aliphatic rings. The number of primary amides is 1. The van der Waals surface area contributed by atoms with Crippen LogP contribution in [-0.2, 0) is 38.2 Å². The van der Waals surface area contributed by atoms with Crippen molar-refractivity contribution in [1.29, 1.82) is 0 Å². The Bertz CT molecular complexity index is 1390. The van der Waals surface area contributed by atoms with Crippen molar-refractivity contribution in [1.82, 2.24) is 26.2 Å². The zero-order valence-corrected chi connectivity index (χ0v) is 30.6. The first-order valence-electron chi connectivity index (χ1n) is 16.9. The largest absolute Gasteiger partial charge is 0.444 e. The average molecular weight is 703 g/mol. The molecule has 2 unspecified atom stereocenters. The predicted molar refractivity (Wildman–Crippen MR) is 184 cm³/mol. The third kappa shape index (κ3) is 13.1. The minimum absolute atomic E-state index is 0.0463. The molecule has 1 saturated heterocycles. The van der Waals surface area contributed by atoms with Gasteiger partial charge in [0.15, 0.2) is 0 Å². The molecule has 278 valence electrons. The summed E-state index contributed by atoms with van der Waals surface area (Å²) >= 11 is 0. The maximum absolute atomic E-state index is 13.9. The zero-order chi connectivity index (χ0) is 38.0. The van der Waals surface area contributed by atoms with Crippen molar-refractivity contribution in [3.8, 4) is 0 Å². The molecule has 0 radical (unpaired) electrons. The Labute approximate surface area is 294 Å². The Morgan fingerprint density at radius 3 is 2.06 bits per heavy atom. The van der Waals surface area contributed by atoms with Gasteiger partial charge in [0.25, 0.3) is 5.91 Å². The third-order valence-corrected chi connectivity index (χ3v) is 7.54. The molecule has 6 N–H and O–H groups in total. The van der Waals surface area contributed by atoms with Gasteiger partial charge < -0.3 is 41.4 Å². The fourth-order valence-electron chi connectivity index (χ4n) is 5.41. The Hall–Kier alpha value is -4.53. The molecule has 1 fully saturated rings. The minimum Gasteiger partial charge on any atom is -0.444 e. The predicted octanol–water partition coefficient (Wildman–Crippen LogP) is 1.63. The fraction of sp³-hybridized carbons (Fsp3) is 0.629. The first-order chi connectivity index (χ1) is 23.1. The van der Waals surface area contributed by atoms with Crippen LogP contribution in [0.5, 0.6) is 0 Å². The van der Waals surface area contributed by atoms with E-state index in [-0.39, 0.29) is 25.3 Å². The van der Waals surface area contributed by atoms with E-state index in [1.165, 1.54) is 4.90 Å². The van der Waals surface area contributed by atoms with E-state index in [0.717, 1.165) is 0 Å². The van der Waals surface area contributed by atoms with Gasteiger partial charge in [-0.05, 0) is 59.4 Å². The normalized spacial score (nSPS) is 18.0. The van der Waals surface area contributed by atoms with Crippen molar-refractivity contribution < 1.29 is 43.0 Å². The zero-order valence-electron chi connectivity index (χ0n) is 30.6. The molecule has 1 aromatic rings. The summed E-state index contributed by atoms with van der Waals surface area (Å²) in [6.45, 7) is 15.3. The van der Waals surface area contributed by atoms with Crippen LogP contribution in [0.15, 0.2) is 30.3 Å². The minimum atomic E-state index is -1.27. The molecule has 0 bridgehead atoms. The third-order valence-electron chi connectivity index (χ3n) is 7.54. The topological polar surface area (TPSA) is 215 Å². The molecule has 1 heterocycles. The number of nitrogens with two attached hydrogens (primary N) is 1. The number of likely N-dealkylation sites (tertiary alicyclic amines) is 1. The van der Waals surface area contributed by atoms with Crippen molar-refractivity contribution in [3.63, 3.8) is 0 Å². The van der Waals surface area contributed by atoms with E-state index in [9.17, 15) is 33.6 Å². The summed E-state index contributed by atoms with van der Waals surface area (Å²) in [6, 6.07) is 3.74. The van der Waals surface area contributed by atoms with E-state index in [1.807, 2.05) is 20.8 Å². The van der Waals surface area contributed by atoms with Crippen molar-refractivity contribution >= 4 is 41.4 Å². The number of Topliss-reactive ketones (excluding diaryl/α,β-unsaturated/α-hetero) is 1. The van der Waals surface area contributed by atoms with E-state index >= 15 is 0 Å².